The fraction of sp³-hybridized carbons (Fsp3) is 0.381. The molecular formula is C21H29N3O3. The summed E-state index contributed by atoms with van der Waals surface area (Å²) in [7, 11) is 5.00. The first kappa shape index (κ1) is 20.6. The summed E-state index contributed by atoms with van der Waals surface area (Å²) < 4.78 is 10.6. The maximum atomic E-state index is 9.66. The van der Waals surface area contributed by atoms with Gasteiger partial charge in [-0.1, -0.05) is 36.4 Å². The van der Waals surface area contributed by atoms with E-state index in [1.165, 1.54) is 0 Å². The van der Waals surface area contributed by atoms with Crippen LogP contribution in [0.3, 0.4) is 0 Å². The van der Waals surface area contributed by atoms with E-state index in [0.29, 0.717) is 12.5 Å². The van der Waals surface area contributed by atoms with Crippen molar-refractivity contribution in [3.63, 3.8) is 0 Å². The van der Waals surface area contributed by atoms with Gasteiger partial charge in [-0.2, -0.15) is 0 Å². The van der Waals surface area contributed by atoms with Crippen LogP contribution in [0.2, 0.25) is 0 Å². The molecule has 0 bridgehead atoms. The van der Waals surface area contributed by atoms with Crippen LogP contribution < -0.4 is 20.1 Å². The van der Waals surface area contributed by atoms with E-state index in [1.54, 1.807) is 21.3 Å². The molecule has 0 radical (unpaired) electrons. The summed E-state index contributed by atoms with van der Waals surface area (Å²) in [5, 5.41) is 16.2. The van der Waals surface area contributed by atoms with E-state index in [2.05, 4.69) is 15.6 Å². The topological polar surface area (TPSA) is 75.1 Å². The molecule has 146 valence electrons. The Morgan fingerprint density at radius 3 is 2.41 bits per heavy atom. The number of ether oxygens (including phenoxy) is 2. The van der Waals surface area contributed by atoms with E-state index >= 15 is 0 Å². The zero-order valence-electron chi connectivity index (χ0n) is 16.2. The monoisotopic (exact) mass is 371 g/mol. The molecule has 0 heterocycles. The van der Waals surface area contributed by atoms with Crippen LogP contribution in [-0.2, 0) is 6.42 Å². The number of aliphatic imine (C=N–C) groups is 1. The SMILES string of the molecule is CN=C(NCCc1ccc(OC)c(OC)c1)NCC(CO)c1ccccc1. The van der Waals surface area contributed by atoms with E-state index in [4.69, 9.17) is 9.47 Å². The highest BCUT2D eigenvalue weighted by atomic mass is 16.5. The number of nitrogens with one attached hydrogen (secondary N) is 2. The van der Waals surface area contributed by atoms with Crippen molar-refractivity contribution in [3.05, 3.63) is 59.7 Å². The van der Waals surface area contributed by atoms with Crippen LogP contribution in [0.15, 0.2) is 53.5 Å². The van der Waals surface area contributed by atoms with Gasteiger partial charge in [-0.25, -0.2) is 0 Å². The molecule has 0 spiro atoms. The Balaban J connectivity index is 1.83. The van der Waals surface area contributed by atoms with Gasteiger partial charge in [0.25, 0.3) is 0 Å². The van der Waals surface area contributed by atoms with Gasteiger partial charge in [-0.05, 0) is 29.7 Å². The second-order valence-electron chi connectivity index (χ2n) is 6.11. The molecule has 0 aliphatic heterocycles. The van der Waals surface area contributed by atoms with Gasteiger partial charge in [0.05, 0.1) is 20.8 Å². The van der Waals surface area contributed by atoms with Crippen molar-refractivity contribution in [2.75, 3.05) is 41.0 Å². The average Bonchev–Trinajstić information content (AvgIpc) is 2.73. The molecule has 6 nitrogen and oxygen atoms in total. The normalized spacial score (nSPS) is 12.4. The Hall–Kier alpha value is -2.73. The first-order chi connectivity index (χ1) is 13.2. The third-order valence-corrected chi connectivity index (χ3v) is 4.38. The lowest BCUT2D eigenvalue weighted by Crippen LogP contribution is -2.40. The van der Waals surface area contributed by atoms with Crippen LogP contribution in [0.4, 0.5) is 0 Å². The first-order valence-corrected chi connectivity index (χ1v) is 9.03. The van der Waals surface area contributed by atoms with Crippen LogP contribution in [0.5, 0.6) is 11.5 Å². The number of aliphatic hydroxyl groups is 1. The minimum Gasteiger partial charge on any atom is -0.493 e. The molecule has 0 amide bonds. The fourth-order valence-electron chi connectivity index (χ4n) is 2.81. The second-order valence-corrected chi connectivity index (χ2v) is 6.11. The molecule has 1 atom stereocenters. The molecule has 6 heteroatoms. The van der Waals surface area contributed by atoms with E-state index in [-0.39, 0.29) is 12.5 Å². The lowest BCUT2D eigenvalue weighted by atomic mass is 10.0. The summed E-state index contributed by atoms with van der Waals surface area (Å²) in [6.07, 6.45) is 0.823. The largest absolute Gasteiger partial charge is 0.493 e. The maximum Gasteiger partial charge on any atom is 0.191 e. The molecule has 2 rings (SSSR count). The number of hydrogen-bond acceptors (Lipinski definition) is 4. The van der Waals surface area contributed by atoms with Gasteiger partial charge >= 0.3 is 0 Å². The summed E-state index contributed by atoms with van der Waals surface area (Å²) in [5.74, 6) is 2.19. The number of methoxy groups -OCH3 is 2. The van der Waals surface area contributed by atoms with E-state index in [0.717, 1.165) is 35.6 Å². The minimum atomic E-state index is 0.0237. The number of guanidine groups is 1. The fourth-order valence-corrected chi connectivity index (χ4v) is 2.81. The molecular weight excluding hydrogens is 342 g/mol. The second kappa shape index (κ2) is 11.1. The maximum absolute atomic E-state index is 9.66. The zero-order chi connectivity index (χ0) is 19.5. The van der Waals surface area contributed by atoms with E-state index in [1.807, 2.05) is 48.5 Å². The molecule has 0 aliphatic rings. The van der Waals surface area contributed by atoms with Gasteiger partial charge in [-0.15, -0.1) is 0 Å². The third kappa shape index (κ3) is 6.18. The van der Waals surface area contributed by atoms with Crippen molar-refractivity contribution in [3.8, 4) is 11.5 Å². The van der Waals surface area contributed by atoms with Crippen molar-refractivity contribution in [1.29, 1.82) is 0 Å². The van der Waals surface area contributed by atoms with Gasteiger partial charge in [0.1, 0.15) is 0 Å². The number of hydrogen-bond donors (Lipinski definition) is 3. The van der Waals surface area contributed by atoms with Crippen LogP contribution in [0.25, 0.3) is 0 Å². The zero-order valence-corrected chi connectivity index (χ0v) is 16.2. The molecule has 0 aromatic heterocycles. The lowest BCUT2D eigenvalue weighted by Gasteiger charge is -2.18. The lowest BCUT2D eigenvalue weighted by molar-refractivity contribution is 0.265. The number of nitrogens with zero attached hydrogens (tertiary/aromatic N) is 1. The Morgan fingerprint density at radius 1 is 1.04 bits per heavy atom. The molecule has 0 aliphatic carbocycles. The van der Waals surface area contributed by atoms with Crippen LogP contribution >= 0.6 is 0 Å². The summed E-state index contributed by atoms with van der Waals surface area (Å²) in [6, 6.07) is 15.9. The highest BCUT2D eigenvalue weighted by molar-refractivity contribution is 5.79. The van der Waals surface area contributed by atoms with E-state index < -0.39 is 0 Å². The Morgan fingerprint density at radius 2 is 1.78 bits per heavy atom. The van der Waals surface area contributed by atoms with Crippen molar-refractivity contribution in [1.82, 2.24) is 10.6 Å². The standard InChI is InChI=1S/C21H29N3O3/c1-22-21(24-14-18(15-25)17-7-5-4-6-8-17)23-12-11-16-9-10-19(26-2)20(13-16)27-3/h4-10,13,18,25H,11-12,14-15H2,1-3H3,(H2,22,23,24). The molecule has 0 fully saturated rings. The van der Waals surface area contributed by atoms with Crippen molar-refractivity contribution in [2.24, 2.45) is 4.99 Å². The molecule has 0 saturated carbocycles. The Bertz CT molecular complexity index is 720. The summed E-state index contributed by atoms with van der Waals surface area (Å²) >= 11 is 0. The number of aliphatic hydroxyl groups excluding tert-OH is 1. The molecule has 2 aromatic rings. The summed E-state index contributed by atoms with van der Waals surface area (Å²) in [6.45, 7) is 1.42. The molecule has 1 unspecified atom stereocenters. The Labute approximate surface area is 161 Å². The smallest absolute Gasteiger partial charge is 0.191 e. The molecule has 3 N–H and O–H groups in total. The van der Waals surface area contributed by atoms with Gasteiger partial charge in [0.15, 0.2) is 17.5 Å². The minimum absolute atomic E-state index is 0.0237. The molecule has 0 saturated heterocycles. The van der Waals surface area contributed by atoms with Crippen LogP contribution in [-0.4, -0.2) is 52.0 Å². The van der Waals surface area contributed by atoms with Crippen molar-refractivity contribution in [2.45, 2.75) is 12.3 Å². The van der Waals surface area contributed by atoms with Gasteiger partial charge in [0.2, 0.25) is 0 Å². The molecule has 27 heavy (non-hydrogen) atoms. The van der Waals surface area contributed by atoms with Gasteiger partial charge in [-0.3, -0.25) is 4.99 Å². The number of rotatable bonds is 9. The van der Waals surface area contributed by atoms with E-state index in [9.17, 15) is 5.11 Å². The van der Waals surface area contributed by atoms with Crippen LogP contribution in [0.1, 0.15) is 17.0 Å². The van der Waals surface area contributed by atoms with Gasteiger partial charge < -0.3 is 25.2 Å². The van der Waals surface area contributed by atoms with Crippen molar-refractivity contribution < 1.29 is 14.6 Å². The number of benzene rings is 2. The highest BCUT2D eigenvalue weighted by Crippen LogP contribution is 2.27. The van der Waals surface area contributed by atoms with Crippen LogP contribution in [0, 0.1) is 0 Å². The first-order valence-electron chi connectivity index (χ1n) is 9.03. The summed E-state index contributed by atoms with van der Waals surface area (Å²) in [4.78, 5) is 4.25. The third-order valence-electron chi connectivity index (χ3n) is 4.38. The van der Waals surface area contributed by atoms with Gasteiger partial charge in [0, 0.05) is 26.1 Å². The van der Waals surface area contributed by atoms with Crippen molar-refractivity contribution >= 4 is 5.96 Å². The highest BCUT2D eigenvalue weighted by Gasteiger charge is 2.11. The summed E-state index contributed by atoms with van der Waals surface area (Å²) in [5.41, 5.74) is 2.25. The molecule has 2 aromatic carbocycles. The predicted octanol–water partition coefficient (Wildman–Crippen LogP) is 2.19. The quantitative estimate of drug-likeness (QED) is 0.465. The predicted molar refractivity (Wildman–Crippen MR) is 109 cm³/mol. The Kier molecular flexibility index (Phi) is 8.45. The average molecular weight is 371 g/mol.